The summed E-state index contributed by atoms with van der Waals surface area (Å²) in [6, 6.07) is 1.75. The number of phosphoric ester groups is 1. The lowest BCUT2D eigenvalue weighted by Gasteiger charge is -2.17. The largest absolute Gasteiger partial charge is 0.472 e. The third-order valence-electron chi connectivity index (χ3n) is 3.87. The minimum Gasteiger partial charge on any atom is -0.387 e. The summed E-state index contributed by atoms with van der Waals surface area (Å²) in [7, 11) is -4.43. The molecular formula is C13H17N6O7P. The quantitative estimate of drug-likeness (QED) is 0.329. The number of anilines is 1. The number of nitrogen functional groups attached to an aromatic ring is 1. The number of fused-ring (bicyclic) bond motifs is 1. The van der Waals surface area contributed by atoms with Gasteiger partial charge in [0.1, 0.15) is 30.2 Å². The van der Waals surface area contributed by atoms with Crippen molar-refractivity contribution in [3.8, 4) is 6.07 Å². The molecule has 27 heavy (non-hydrogen) atoms. The number of nitrogens with zero attached hydrogens (tertiary/aromatic N) is 5. The normalized spacial score (nSPS) is 27.5. The lowest BCUT2D eigenvalue weighted by atomic mass is 10.1. The molecule has 3 rings (SSSR count). The summed E-state index contributed by atoms with van der Waals surface area (Å²) in [5, 5.41) is 28.8. The zero-order chi connectivity index (χ0) is 19.6. The predicted molar refractivity (Wildman–Crippen MR) is 87.6 cm³/mol. The van der Waals surface area contributed by atoms with Crippen molar-refractivity contribution in [2.45, 2.75) is 31.0 Å². The first-order chi connectivity index (χ1) is 12.8. The van der Waals surface area contributed by atoms with E-state index in [1.165, 1.54) is 17.2 Å². The van der Waals surface area contributed by atoms with Crippen molar-refractivity contribution in [2.75, 3.05) is 18.9 Å². The Kier molecular flexibility index (Phi) is 5.68. The molecule has 0 amide bonds. The highest BCUT2D eigenvalue weighted by atomic mass is 31.2. The van der Waals surface area contributed by atoms with E-state index in [2.05, 4.69) is 19.5 Å². The van der Waals surface area contributed by atoms with Gasteiger partial charge in [0.15, 0.2) is 17.7 Å². The summed E-state index contributed by atoms with van der Waals surface area (Å²) < 4.78 is 28.0. The van der Waals surface area contributed by atoms with E-state index in [9.17, 15) is 19.7 Å². The molecule has 1 aliphatic rings. The molecule has 5 atom stereocenters. The van der Waals surface area contributed by atoms with Gasteiger partial charge in [0.05, 0.1) is 32.0 Å². The second kappa shape index (κ2) is 7.83. The number of aliphatic hydroxyl groups is 2. The zero-order valence-electron chi connectivity index (χ0n) is 13.8. The van der Waals surface area contributed by atoms with Crippen LogP contribution in [-0.4, -0.2) is 66.2 Å². The molecule has 0 aliphatic carbocycles. The van der Waals surface area contributed by atoms with Crippen LogP contribution in [0.4, 0.5) is 5.82 Å². The highest BCUT2D eigenvalue weighted by Gasteiger charge is 2.45. The minimum atomic E-state index is -4.43. The molecule has 2 aromatic heterocycles. The molecule has 0 bridgehead atoms. The van der Waals surface area contributed by atoms with E-state index in [0.29, 0.717) is 5.52 Å². The maximum absolute atomic E-state index is 11.7. The number of hydrogen-bond acceptors (Lipinski definition) is 11. The summed E-state index contributed by atoms with van der Waals surface area (Å²) in [6.07, 6.45) is -2.55. The van der Waals surface area contributed by atoms with Crippen LogP contribution >= 0.6 is 7.82 Å². The molecular weight excluding hydrogens is 383 g/mol. The summed E-state index contributed by atoms with van der Waals surface area (Å²) in [4.78, 5) is 21.4. The summed E-state index contributed by atoms with van der Waals surface area (Å²) in [6.45, 7) is -0.815. The number of aromatic nitrogens is 4. The SMILES string of the molecule is N#CCCOP(=O)(O)OC[C@H]1O[C@@H](n2cnc3c(N)ncnc32)[C@H](O)[C@@H]1O. The van der Waals surface area contributed by atoms with Gasteiger partial charge in [-0.25, -0.2) is 19.5 Å². The molecule has 0 saturated carbocycles. The van der Waals surface area contributed by atoms with Gasteiger partial charge < -0.3 is 25.6 Å². The van der Waals surface area contributed by atoms with Crippen LogP contribution in [-0.2, 0) is 18.3 Å². The Labute approximate surface area is 152 Å². The number of rotatable bonds is 7. The van der Waals surface area contributed by atoms with Gasteiger partial charge in [0, 0.05) is 0 Å². The van der Waals surface area contributed by atoms with Crippen LogP contribution < -0.4 is 5.73 Å². The van der Waals surface area contributed by atoms with Crippen LogP contribution in [0.25, 0.3) is 11.2 Å². The molecule has 2 aromatic rings. The van der Waals surface area contributed by atoms with E-state index in [4.69, 9.17) is 20.3 Å². The molecule has 1 fully saturated rings. The molecule has 1 aliphatic heterocycles. The van der Waals surface area contributed by atoms with Crippen molar-refractivity contribution < 1.29 is 33.5 Å². The Morgan fingerprint density at radius 3 is 2.85 bits per heavy atom. The van der Waals surface area contributed by atoms with Crippen molar-refractivity contribution >= 4 is 24.8 Å². The fourth-order valence-electron chi connectivity index (χ4n) is 2.56. The lowest BCUT2D eigenvalue weighted by Crippen LogP contribution is -2.33. The second-order valence-corrected chi connectivity index (χ2v) is 7.09. The zero-order valence-corrected chi connectivity index (χ0v) is 14.7. The Morgan fingerprint density at radius 2 is 2.11 bits per heavy atom. The van der Waals surface area contributed by atoms with E-state index in [1.807, 2.05) is 0 Å². The van der Waals surface area contributed by atoms with Crippen molar-refractivity contribution in [2.24, 2.45) is 0 Å². The molecule has 1 saturated heterocycles. The number of hydrogen-bond donors (Lipinski definition) is 4. The van der Waals surface area contributed by atoms with Gasteiger partial charge in [0.2, 0.25) is 0 Å². The Bertz CT molecular complexity index is 901. The topological polar surface area (TPSA) is 199 Å². The van der Waals surface area contributed by atoms with Crippen LogP contribution in [0.15, 0.2) is 12.7 Å². The van der Waals surface area contributed by atoms with Crippen LogP contribution in [0.2, 0.25) is 0 Å². The molecule has 13 nitrogen and oxygen atoms in total. The van der Waals surface area contributed by atoms with E-state index in [-0.39, 0.29) is 24.5 Å². The molecule has 146 valence electrons. The number of nitriles is 1. The first-order valence-corrected chi connectivity index (χ1v) is 9.27. The van der Waals surface area contributed by atoms with Gasteiger partial charge in [-0.1, -0.05) is 0 Å². The van der Waals surface area contributed by atoms with Gasteiger partial charge in [-0.2, -0.15) is 5.26 Å². The molecule has 0 aromatic carbocycles. The van der Waals surface area contributed by atoms with E-state index in [0.717, 1.165) is 0 Å². The monoisotopic (exact) mass is 400 g/mol. The molecule has 1 unspecified atom stereocenters. The van der Waals surface area contributed by atoms with Crippen LogP contribution in [0, 0.1) is 11.3 Å². The van der Waals surface area contributed by atoms with Gasteiger partial charge in [0.25, 0.3) is 0 Å². The Hall–Kier alpha value is -2.17. The standard InChI is InChI=1S/C13H17N6O7P/c14-2-1-3-24-27(22,23)25-4-7-9(20)10(21)13(26-7)19-6-18-8-11(15)16-5-17-12(8)19/h5-7,9-10,13,20-21H,1,3-4H2,(H,22,23)(H2,15,16,17)/t7-,9-,10-,13-/m1/s1. The van der Waals surface area contributed by atoms with E-state index < -0.39 is 39.0 Å². The number of nitrogens with two attached hydrogens (primary N) is 1. The van der Waals surface area contributed by atoms with Crippen LogP contribution in [0.1, 0.15) is 12.6 Å². The molecule has 0 radical (unpaired) electrons. The van der Waals surface area contributed by atoms with Crippen LogP contribution in [0.3, 0.4) is 0 Å². The first kappa shape index (κ1) is 19.6. The van der Waals surface area contributed by atoms with Gasteiger partial charge in [-0.05, 0) is 0 Å². The van der Waals surface area contributed by atoms with Gasteiger partial charge in [-0.15, -0.1) is 0 Å². The third-order valence-corrected chi connectivity index (χ3v) is 4.85. The highest BCUT2D eigenvalue weighted by Crippen LogP contribution is 2.44. The summed E-state index contributed by atoms with van der Waals surface area (Å²) in [5.41, 5.74) is 6.30. The average molecular weight is 400 g/mol. The number of ether oxygens (including phenoxy) is 1. The molecule has 0 spiro atoms. The summed E-state index contributed by atoms with van der Waals surface area (Å²) >= 11 is 0. The van der Waals surface area contributed by atoms with Crippen LogP contribution in [0.5, 0.6) is 0 Å². The third kappa shape index (κ3) is 4.07. The van der Waals surface area contributed by atoms with Gasteiger partial charge in [-0.3, -0.25) is 13.6 Å². The Balaban J connectivity index is 1.69. The smallest absolute Gasteiger partial charge is 0.387 e. The van der Waals surface area contributed by atoms with Crippen molar-refractivity contribution in [1.82, 2.24) is 19.5 Å². The average Bonchev–Trinajstić information content (AvgIpc) is 3.17. The minimum absolute atomic E-state index is 0.0874. The van der Waals surface area contributed by atoms with Crippen molar-refractivity contribution in [1.29, 1.82) is 5.26 Å². The first-order valence-electron chi connectivity index (χ1n) is 7.77. The lowest BCUT2D eigenvalue weighted by molar-refractivity contribution is -0.0513. The molecule has 14 heteroatoms. The van der Waals surface area contributed by atoms with Crippen molar-refractivity contribution in [3.05, 3.63) is 12.7 Å². The number of aliphatic hydroxyl groups excluding tert-OH is 2. The second-order valence-electron chi connectivity index (χ2n) is 5.63. The van der Waals surface area contributed by atoms with E-state index >= 15 is 0 Å². The maximum Gasteiger partial charge on any atom is 0.472 e. The fraction of sp³-hybridized carbons (Fsp3) is 0.538. The number of phosphoric acid groups is 1. The fourth-order valence-corrected chi connectivity index (χ4v) is 3.30. The van der Waals surface area contributed by atoms with E-state index in [1.54, 1.807) is 6.07 Å². The highest BCUT2D eigenvalue weighted by molar-refractivity contribution is 7.47. The Morgan fingerprint density at radius 1 is 1.33 bits per heavy atom. The molecule has 3 heterocycles. The maximum atomic E-state index is 11.7. The summed E-state index contributed by atoms with van der Waals surface area (Å²) in [5.74, 6) is 0.141. The predicted octanol–water partition coefficient (Wildman–Crippen LogP) is -0.925. The van der Waals surface area contributed by atoms with Crippen molar-refractivity contribution in [3.63, 3.8) is 0 Å². The molecule has 5 N–H and O–H groups in total. The van der Waals surface area contributed by atoms with Gasteiger partial charge >= 0.3 is 7.82 Å². The number of imidazole rings is 1.